The molecule has 0 spiro atoms. The fourth-order valence-corrected chi connectivity index (χ4v) is 4.56. The highest BCUT2D eigenvalue weighted by molar-refractivity contribution is 8.02. The Bertz CT molecular complexity index is 809. The zero-order valence-corrected chi connectivity index (χ0v) is 16.3. The third-order valence-corrected chi connectivity index (χ3v) is 6.06. The van der Waals surface area contributed by atoms with E-state index in [-0.39, 0.29) is 11.8 Å². The van der Waals surface area contributed by atoms with Gasteiger partial charge in [0.05, 0.1) is 5.69 Å². The number of thioether (sulfide) groups is 1. The van der Waals surface area contributed by atoms with E-state index in [0.717, 1.165) is 16.1 Å². The van der Waals surface area contributed by atoms with Crippen LogP contribution in [-0.2, 0) is 16.1 Å². The van der Waals surface area contributed by atoms with Crippen molar-refractivity contribution >= 4 is 29.3 Å². The van der Waals surface area contributed by atoms with Gasteiger partial charge in [-0.2, -0.15) is 0 Å². The zero-order chi connectivity index (χ0) is 18.7. The van der Waals surface area contributed by atoms with Gasteiger partial charge in [0.1, 0.15) is 0 Å². The Balaban J connectivity index is 1.93. The van der Waals surface area contributed by atoms with Crippen molar-refractivity contribution in [1.82, 2.24) is 4.90 Å². The van der Waals surface area contributed by atoms with Crippen LogP contribution >= 0.6 is 11.8 Å². The fraction of sp³-hybridized carbons (Fsp3) is 0.333. The average Bonchev–Trinajstić information content (AvgIpc) is 2.67. The second-order valence-corrected chi connectivity index (χ2v) is 7.92. The molecule has 0 N–H and O–H groups in total. The van der Waals surface area contributed by atoms with Crippen molar-refractivity contribution in [3.8, 4) is 0 Å². The van der Waals surface area contributed by atoms with E-state index in [1.165, 1.54) is 11.8 Å². The van der Waals surface area contributed by atoms with Crippen molar-refractivity contribution in [2.24, 2.45) is 0 Å². The zero-order valence-electron chi connectivity index (χ0n) is 15.4. The Hall–Kier alpha value is -2.27. The number of rotatable bonds is 5. The standard InChI is InChI=1S/C21H24N2O2S/c1-4-22(15-16-11-7-6-8-12-16)19(24)21(3)20(25)23(5-2)17-13-9-10-14-18(17)26-21/h6-14H,4-5,15H2,1-3H3. The summed E-state index contributed by atoms with van der Waals surface area (Å²) in [4.78, 5) is 31.1. The van der Waals surface area contributed by atoms with Gasteiger partial charge in [0.15, 0.2) is 4.75 Å². The van der Waals surface area contributed by atoms with Crippen LogP contribution in [0.2, 0.25) is 0 Å². The molecule has 1 heterocycles. The van der Waals surface area contributed by atoms with Gasteiger partial charge in [0.2, 0.25) is 5.91 Å². The number of hydrogen-bond donors (Lipinski definition) is 0. The number of nitrogens with zero attached hydrogens (tertiary/aromatic N) is 2. The minimum absolute atomic E-state index is 0.133. The first kappa shape index (κ1) is 18.5. The fourth-order valence-electron chi connectivity index (χ4n) is 3.28. The summed E-state index contributed by atoms with van der Waals surface area (Å²) in [6, 6.07) is 17.7. The summed E-state index contributed by atoms with van der Waals surface area (Å²) in [7, 11) is 0. The molecule has 1 aliphatic heterocycles. The van der Waals surface area contributed by atoms with E-state index in [0.29, 0.717) is 19.6 Å². The van der Waals surface area contributed by atoms with Gasteiger partial charge in [0.25, 0.3) is 5.91 Å². The number of fused-ring (bicyclic) bond motifs is 1. The second-order valence-electron chi connectivity index (χ2n) is 6.46. The van der Waals surface area contributed by atoms with E-state index >= 15 is 0 Å². The van der Waals surface area contributed by atoms with Crippen LogP contribution in [0, 0.1) is 0 Å². The maximum Gasteiger partial charge on any atom is 0.252 e. The molecule has 0 aliphatic carbocycles. The summed E-state index contributed by atoms with van der Waals surface area (Å²) in [6.45, 7) is 7.27. The Kier molecular flexibility index (Phi) is 5.37. The first-order valence-corrected chi connectivity index (χ1v) is 9.76. The van der Waals surface area contributed by atoms with Crippen LogP contribution in [0.4, 0.5) is 5.69 Å². The minimum Gasteiger partial charge on any atom is -0.337 e. The van der Waals surface area contributed by atoms with Crippen molar-refractivity contribution in [2.75, 3.05) is 18.0 Å². The Labute approximate surface area is 159 Å². The van der Waals surface area contributed by atoms with E-state index in [1.807, 2.05) is 68.4 Å². The summed E-state index contributed by atoms with van der Waals surface area (Å²) in [5.41, 5.74) is 1.95. The molecule has 26 heavy (non-hydrogen) atoms. The van der Waals surface area contributed by atoms with Crippen molar-refractivity contribution in [2.45, 2.75) is 37.0 Å². The Morgan fingerprint density at radius 2 is 1.73 bits per heavy atom. The van der Waals surface area contributed by atoms with Crippen molar-refractivity contribution in [3.05, 3.63) is 60.2 Å². The summed E-state index contributed by atoms with van der Waals surface area (Å²) in [5.74, 6) is -0.271. The highest BCUT2D eigenvalue weighted by atomic mass is 32.2. The molecule has 0 saturated carbocycles. The third kappa shape index (κ3) is 3.23. The highest BCUT2D eigenvalue weighted by Crippen LogP contribution is 2.46. The lowest BCUT2D eigenvalue weighted by molar-refractivity contribution is -0.138. The molecule has 2 aromatic carbocycles. The molecule has 2 amide bonds. The number of benzene rings is 2. The monoisotopic (exact) mass is 368 g/mol. The minimum atomic E-state index is -1.14. The van der Waals surface area contributed by atoms with Crippen LogP contribution < -0.4 is 4.90 Å². The van der Waals surface area contributed by atoms with Crippen LogP contribution in [0.15, 0.2) is 59.5 Å². The van der Waals surface area contributed by atoms with Gasteiger partial charge in [-0.1, -0.05) is 54.2 Å². The lowest BCUT2D eigenvalue weighted by Gasteiger charge is -2.40. The topological polar surface area (TPSA) is 40.6 Å². The smallest absolute Gasteiger partial charge is 0.252 e. The molecule has 5 heteroatoms. The van der Waals surface area contributed by atoms with Crippen molar-refractivity contribution in [1.29, 1.82) is 0 Å². The third-order valence-electron chi connectivity index (χ3n) is 4.73. The number of amides is 2. The SMILES string of the molecule is CCN(Cc1ccccc1)C(=O)C1(C)Sc2ccccc2N(CC)C1=O. The van der Waals surface area contributed by atoms with E-state index in [9.17, 15) is 9.59 Å². The molecule has 0 radical (unpaired) electrons. The van der Waals surface area contributed by atoms with Gasteiger partial charge in [-0.25, -0.2) is 0 Å². The molecule has 136 valence electrons. The van der Waals surface area contributed by atoms with Crippen LogP contribution in [0.1, 0.15) is 26.3 Å². The Morgan fingerprint density at radius 1 is 1.08 bits per heavy atom. The van der Waals surface area contributed by atoms with E-state index < -0.39 is 4.75 Å². The molecular formula is C21H24N2O2S. The quantitative estimate of drug-likeness (QED) is 0.750. The molecule has 3 rings (SSSR count). The number of para-hydroxylation sites is 1. The van der Waals surface area contributed by atoms with Crippen molar-refractivity contribution < 1.29 is 9.59 Å². The van der Waals surface area contributed by atoms with Crippen LogP contribution in [-0.4, -0.2) is 34.6 Å². The lowest BCUT2D eigenvalue weighted by Crippen LogP contribution is -2.57. The molecule has 0 bridgehead atoms. The predicted molar refractivity (Wildman–Crippen MR) is 106 cm³/mol. The molecule has 4 nitrogen and oxygen atoms in total. The van der Waals surface area contributed by atoms with Crippen molar-refractivity contribution in [3.63, 3.8) is 0 Å². The van der Waals surface area contributed by atoms with Crippen LogP contribution in [0.5, 0.6) is 0 Å². The van der Waals surface area contributed by atoms with Gasteiger partial charge in [-0.15, -0.1) is 0 Å². The maximum atomic E-state index is 13.4. The number of anilines is 1. The van der Waals surface area contributed by atoms with Crippen LogP contribution in [0.25, 0.3) is 0 Å². The van der Waals surface area contributed by atoms with Gasteiger partial charge in [-0.05, 0) is 38.5 Å². The number of carbonyl (C=O) groups is 2. The van der Waals surface area contributed by atoms with Crippen LogP contribution in [0.3, 0.4) is 0 Å². The summed E-state index contributed by atoms with van der Waals surface area (Å²) in [6.07, 6.45) is 0. The molecule has 1 aliphatic rings. The van der Waals surface area contributed by atoms with Gasteiger partial charge in [0, 0.05) is 24.5 Å². The molecular weight excluding hydrogens is 344 g/mol. The lowest BCUT2D eigenvalue weighted by atomic mass is 10.1. The largest absolute Gasteiger partial charge is 0.337 e. The van der Waals surface area contributed by atoms with Gasteiger partial charge < -0.3 is 9.80 Å². The molecule has 1 unspecified atom stereocenters. The molecule has 1 atom stereocenters. The maximum absolute atomic E-state index is 13.4. The summed E-state index contributed by atoms with van der Waals surface area (Å²) < 4.78 is -1.14. The number of carbonyl (C=O) groups excluding carboxylic acids is 2. The molecule has 0 saturated heterocycles. The molecule has 0 fully saturated rings. The molecule has 2 aromatic rings. The molecule has 0 aromatic heterocycles. The first-order valence-electron chi connectivity index (χ1n) is 8.94. The van der Waals surface area contributed by atoms with E-state index in [4.69, 9.17) is 0 Å². The second kappa shape index (κ2) is 7.54. The first-order chi connectivity index (χ1) is 12.5. The van der Waals surface area contributed by atoms with Gasteiger partial charge >= 0.3 is 0 Å². The van der Waals surface area contributed by atoms with Gasteiger partial charge in [-0.3, -0.25) is 9.59 Å². The Morgan fingerprint density at radius 3 is 2.38 bits per heavy atom. The van der Waals surface area contributed by atoms with E-state index in [1.54, 1.807) is 16.7 Å². The highest BCUT2D eigenvalue weighted by Gasteiger charge is 2.50. The summed E-state index contributed by atoms with van der Waals surface area (Å²) >= 11 is 1.37. The number of hydrogen-bond acceptors (Lipinski definition) is 3. The average molecular weight is 369 g/mol. The predicted octanol–water partition coefficient (Wildman–Crippen LogP) is 3.95. The van der Waals surface area contributed by atoms with E-state index in [2.05, 4.69) is 0 Å². The normalized spacial score (nSPS) is 19.2. The summed E-state index contributed by atoms with van der Waals surface area (Å²) in [5, 5.41) is 0.